The van der Waals surface area contributed by atoms with E-state index in [1.165, 1.54) is 18.1 Å². The number of nitrogens with one attached hydrogen (secondary N) is 4. The number of carboxylic acid groups (broad SMARTS) is 1. The van der Waals surface area contributed by atoms with Crippen molar-refractivity contribution in [3.8, 4) is 0 Å². The molecule has 1 rings (SSSR count). The molecule has 198 valence electrons. The largest absolute Gasteiger partial charge is 0.480 e. The van der Waals surface area contributed by atoms with Crippen LogP contribution in [-0.2, 0) is 25.6 Å². The highest BCUT2D eigenvalue weighted by molar-refractivity contribution is 7.98. The van der Waals surface area contributed by atoms with E-state index in [0.29, 0.717) is 24.3 Å². The first kappa shape index (κ1) is 30.4. The molecule has 0 aliphatic heterocycles. The van der Waals surface area contributed by atoms with Gasteiger partial charge in [-0.1, -0.05) is 40.5 Å². The number of imidazole rings is 1. The van der Waals surface area contributed by atoms with E-state index in [9.17, 15) is 24.3 Å². The van der Waals surface area contributed by atoms with Crippen LogP contribution in [0.25, 0.3) is 0 Å². The zero-order valence-corrected chi connectivity index (χ0v) is 22.0. The summed E-state index contributed by atoms with van der Waals surface area (Å²) in [5.74, 6) is -2.62. The summed E-state index contributed by atoms with van der Waals surface area (Å²) in [6.07, 6.45) is 6.60. The van der Waals surface area contributed by atoms with Crippen LogP contribution in [0, 0.1) is 11.8 Å². The molecule has 12 heteroatoms. The predicted octanol–water partition coefficient (Wildman–Crippen LogP) is 0.664. The molecule has 0 fully saturated rings. The van der Waals surface area contributed by atoms with Crippen molar-refractivity contribution in [3.05, 3.63) is 18.2 Å². The highest BCUT2D eigenvalue weighted by Crippen LogP contribution is 2.13. The number of carboxylic acids is 1. The summed E-state index contributed by atoms with van der Waals surface area (Å²) in [4.78, 5) is 57.4. The van der Waals surface area contributed by atoms with Crippen LogP contribution >= 0.6 is 11.8 Å². The van der Waals surface area contributed by atoms with Crippen LogP contribution in [0.2, 0.25) is 0 Å². The van der Waals surface area contributed by atoms with E-state index in [1.54, 1.807) is 13.1 Å². The summed E-state index contributed by atoms with van der Waals surface area (Å²) < 4.78 is 0. The average Bonchev–Trinajstić information content (AvgIpc) is 3.34. The molecule has 6 unspecified atom stereocenters. The van der Waals surface area contributed by atoms with Crippen LogP contribution in [0.3, 0.4) is 0 Å². The Kier molecular flexibility index (Phi) is 13.4. The number of aliphatic carboxylic acids is 1. The number of hydrogen-bond acceptors (Lipinski definition) is 7. The maximum Gasteiger partial charge on any atom is 0.326 e. The molecule has 3 amide bonds. The van der Waals surface area contributed by atoms with E-state index in [4.69, 9.17) is 5.73 Å². The number of aromatic amines is 1. The molecular formula is C23H40N6O5S. The molecule has 0 bridgehead atoms. The van der Waals surface area contributed by atoms with Crippen LogP contribution < -0.4 is 21.7 Å². The Hall–Kier alpha value is -2.60. The Bertz CT molecular complexity index is 821. The van der Waals surface area contributed by atoms with E-state index < -0.39 is 47.9 Å². The van der Waals surface area contributed by atoms with Gasteiger partial charge in [-0.05, 0) is 30.3 Å². The van der Waals surface area contributed by atoms with Gasteiger partial charge in [-0.3, -0.25) is 14.4 Å². The Labute approximate surface area is 211 Å². The number of nitrogens with zero attached hydrogens (tertiary/aromatic N) is 1. The topological polar surface area (TPSA) is 179 Å². The van der Waals surface area contributed by atoms with E-state index >= 15 is 0 Å². The van der Waals surface area contributed by atoms with Crippen molar-refractivity contribution in [2.24, 2.45) is 17.6 Å². The fourth-order valence-electron chi connectivity index (χ4n) is 3.39. The second kappa shape index (κ2) is 15.4. The van der Waals surface area contributed by atoms with E-state index in [1.807, 2.05) is 27.0 Å². The fraction of sp³-hybridized carbons (Fsp3) is 0.696. The molecule has 7 N–H and O–H groups in total. The van der Waals surface area contributed by atoms with Gasteiger partial charge in [-0.2, -0.15) is 11.8 Å². The van der Waals surface area contributed by atoms with Crippen molar-refractivity contribution in [1.82, 2.24) is 25.9 Å². The molecular weight excluding hydrogens is 472 g/mol. The van der Waals surface area contributed by atoms with Gasteiger partial charge in [0, 0.05) is 18.3 Å². The Morgan fingerprint density at radius 1 is 1.03 bits per heavy atom. The Balaban J connectivity index is 2.97. The molecule has 0 saturated heterocycles. The molecule has 1 heterocycles. The number of H-pyrrole nitrogens is 1. The van der Waals surface area contributed by atoms with Crippen molar-refractivity contribution in [2.75, 3.05) is 12.0 Å². The summed E-state index contributed by atoms with van der Waals surface area (Å²) in [5.41, 5.74) is 6.72. The van der Waals surface area contributed by atoms with E-state index in [2.05, 4.69) is 25.9 Å². The molecule has 0 radical (unpaired) electrons. The fourth-order valence-corrected chi connectivity index (χ4v) is 3.86. The van der Waals surface area contributed by atoms with Crippen molar-refractivity contribution in [1.29, 1.82) is 0 Å². The van der Waals surface area contributed by atoms with Gasteiger partial charge in [-0.25, -0.2) is 9.78 Å². The summed E-state index contributed by atoms with van der Waals surface area (Å²) in [6.45, 7) is 7.40. The lowest BCUT2D eigenvalue weighted by Gasteiger charge is -2.30. The lowest BCUT2D eigenvalue weighted by molar-refractivity contribution is -0.142. The quantitative estimate of drug-likeness (QED) is 0.187. The zero-order chi connectivity index (χ0) is 26.5. The van der Waals surface area contributed by atoms with Gasteiger partial charge < -0.3 is 31.8 Å². The van der Waals surface area contributed by atoms with Gasteiger partial charge in [0.15, 0.2) is 0 Å². The van der Waals surface area contributed by atoms with Crippen LogP contribution in [0.1, 0.15) is 52.7 Å². The zero-order valence-electron chi connectivity index (χ0n) is 21.2. The summed E-state index contributed by atoms with van der Waals surface area (Å²) in [7, 11) is 0. The highest BCUT2D eigenvalue weighted by Gasteiger charge is 2.34. The Morgan fingerprint density at radius 2 is 1.57 bits per heavy atom. The summed E-state index contributed by atoms with van der Waals surface area (Å²) >= 11 is 1.48. The molecule has 35 heavy (non-hydrogen) atoms. The number of carbonyl (C=O) groups excluding carboxylic acids is 3. The highest BCUT2D eigenvalue weighted by atomic mass is 32.2. The molecule has 0 spiro atoms. The number of hydrogen-bond donors (Lipinski definition) is 6. The van der Waals surface area contributed by atoms with Crippen LogP contribution in [0.15, 0.2) is 12.5 Å². The number of aromatic nitrogens is 2. The first-order valence-corrected chi connectivity index (χ1v) is 13.3. The minimum absolute atomic E-state index is 0.227. The normalized spacial score (nSPS) is 16.3. The monoisotopic (exact) mass is 512 g/mol. The van der Waals surface area contributed by atoms with E-state index in [0.717, 1.165) is 0 Å². The number of rotatable bonds is 16. The third-order valence-corrected chi connectivity index (χ3v) is 6.79. The first-order chi connectivity index (χ1) is 16.5. The van der Waals surface area contributed by atoms with Gasteiger partial charge in [0.05, 0.1) is 12.4 Å². The molecule has 0 aliphatic carbocycles. The lowest BCUT2D eigenvalue weighted by atomic mass is 9.94. The van der Waals surface area contributed by atoms with Crippen molar-refractivity contribution in [3.63, 3.8) is 0 Å². The Morgan fingerprint density at radius 3 is 2.03 bits per heavy atom. The maximum atomic E-state index is 13.3. The number of carbonyl (C=O) groups is 4. The predicted molar refractivity (Wildman–Crippen MR) is 136 cm³/mol. The third-order valence-electron chi connectivity index (χ3n) is 6.14. The molecule has 11 nitrogen and oxygen atoms in total. The van der Waals surface area contributed by atoms with Crippen molar-refractivity contribution < 1.29 is 24.3 Å². The molecule has 0 saturated carbocycles. The number of amides is 3. The van der Waals surface area contributed by atoms with Gasteiger partial charge in [-0.15, -0.1) is 0 Å². The minimum atomic E-state index is -1.13. The SMILES string of the molecule is CCC(C)C(NC(=O)C(N)Cc1cnc[nH]1)C(=O)NC(C(=O)NC(CCSC)C(=O)O)C(C)CC. The van der Waals surface area contributed by atoms with Gasteiger partial charge in [0.25, 0.3) is 0 Å². The number of thioether (sulfide) groups is 1. The third kappa shape index (κ3) is 9.88. The molecule has 1 aromatic heterocycles. The standard InChI is InChI=1S/C23H40N6O5S/c1-6-13(3)18(21(31)27-17(23(33)34)8-9-35-5)29-22(32)19(14(4)7-2)28-20(30)16(24)10-15-11-25-12-26-15/h11-14,16-19H,6-10,24H2,1-5H3,(H,25,26)(H,27,31)(H,28,30)(H,29,32)(H,33,34). The van der Waals surface area contributed by atoms with Gasteiger partial charge >= 0.3 is 5.97 Å². The van der Waals surface area contributed by atoms with Crippen molar-refractivity contribution in [2.45, 2.75) is 77.5 Å². The van der Waals surface area contributed by atoms with Gasteiger partial charge in [0.2, 0.25) is 17.7 Å². The smallest absolute Gasteiger partial charge is 0.326 e. The van der Waals surface area contributed by atoms with Gasteiger partial charge in [0.1, 0.15) is 18.1 Å². The maximum absolute atomic E-state index is 13.3. The molecule has 1 aromatic rings. The van der Waals surface area contributed by atoms with Crippen LogP contribution in [0.4, 0.5) is 0 Å². The van der Waals surface area contributed by atoms with E-state index in [-0.39, 0.29) is 24.7 Å². The molecule has 0 aromatic carbocycles. The summed E-state index contributed by atoms with van der Waals surface area (Å²) in [5, 5.41) is 17.5. The molecule has 6 atom stereocenters. The lowest BCUT2D eigenvalue weighted by Crippen LogP contribution is -2.60. The van der Waals surface area contributed by atoms with Crippen LogP contribution in [0.5, 0.6) is 0 Å². The van der Waals surface area contributed by atoms with Crippen molar-refractivity contribution >= 4 is 35.5 Å². The first-order valence-electron chi connectivity index (χ1n) is 11.9. The second-order valence-electron chi connectivity index (χ2n) is 8.81. The second-order valence-corrected chi connectivity index (χ2v) is 9.80. The average molecular weight is 513 g/mol. The minimum Gasteiger partial charge on any atom is -0.480 e. The number of nitrogens with two attached hydrogens (primary N) is 1. The molecule has 0 aliphatic rings. The van der Waals surface area contributed by atoms with Crippen LogP contribution in [-0.4, -0.2) is 74.9 Å². The summed E-state index contributed by atoms with van der Waals surface area (Å²) in [6, 6.07) is -3.81.